The van der Waals surface area contributed by atoms with Gasteiger partial charge in [0.2, 0.25) is 5.91 Å². The van der Waals surface area contributed by atoms with Crippen LogP contribution in [0.25, 0.3) is 0 Å². The molecular formula is C21H29N3O8. The number of carbonyl (C=O) groups is 4. The van der Waals surface area contributed by atoms with Crippen LogP contribution < -0.4 is 4.74 Å². The third-order valence-corrected chi connectivity index (χ3v) is 5.09. The van der Waals surface area contributed by atoms with E-state index in [9.17, 15) is 24.3 Å². The van der Waals surface area contributed by atoms with Gasteiger partial charge >= 0.3 is 17.9 Å². The second-order valence-electron chi connectivity index (χ2n) is 7.57. The first-order valence-corrected chi connectivity index (χ1v) is 10.3. The van der Waals surface area contributed by atoms with Crippen molar-refractivity contribution in [3.05, 3.63) is 29.8 Å². The quantitative estimate of drug-likeness (QED) is 0.365. The first-order valence-electron chi connectivity index (χ1n) is 10.3. The van der Waals surface area contributed by atoms with E-state index in [1.165, 1.54) is 9.80 Å². The zero-order valence-electron chi connectivity index (χ0n) is 18.0. The minimum Gasteiger partial charge on any atom is -0.494 e. The van der Waals surface area contributed by atoms with Crippen LogP contribution >= 0.6 is 0 Å². The molecule has 0 spiro atoms. The number of carboxylic acids is 3. The summed E-state index contributed by atoms with van der Waals surface area (Å²) in [6.07, 6.45) is 0.511. The molecule has 0 bridgehead atoms. The summed E-state index contributed by atoms with van der Waals surface area (Å²) in [5, 5.41) is 27.2. The highest BCUT2D eigenvalue weighted by Gasteiger charge is 2.33. The fraction of sp³-hybridized carbons (Fsp3) is 0.524. The van der Waals surface area contributed by atoms with Gasteiger partial charge in [0, 0.05) is 25.7 Å². The third kappa shape index (κ3) is 8.16. The molecule has 1 atom stereocenters. The predicted molar refractivity (Wildman–Crippen MR) is 113 cm³/mol. The van der Waals surface area contributed by atoms with Gasteiger partial charge in [-0.2, -0.15) is 0 Å². The first-order chi connectivity index (χ1) is 15.2. The summed E-state index contributed by atoms with van der Waals surface area (Å²) < 4.78 is 5.44. The van der Waals surface area contributed by atoms with Crippen molar-refractivity contribution in [2.75, 3.05) is 52.4 Å². The van der Waals surface area contributed by atoms with Gasteiger partial charge in [-0.15, -0.1) is 0 Å². The summed E-state index contributed by atoms with van der Waals surface area (Å²) in [5.41, 5.74) is 0.960. The van der Waals surface area contributed by atoms with Crippen LogP contribution in [0.3, 0.4) is 0 Å². The average molecular weight is 451 g/mol. The Labute approximate surface area is 185 Å². The van der Waals surface area contributed by atoms with Crippen LogP contribution in [-0.2, 0) is 25.6 Å². The molecule has 1 aliphatic heterocycles. The number of carbonyl (C=O) groups excluding carboxylic acids is 1. The number of hydrogen-bond acceptors (Lipinski definition) is 7. The van der Waals surface area contributed by atoms with E-state index in [1.807, 2.05) is 31.2 Å². The van der Waals surface area contributed by atoms with Gasteiger partial charge in [0.05, 0.1) is 32.8 Å². The van der Waals surface area contributed by atoms with Crippen LogP contribution in [0.2, 0.25) is 0 Å². The largest absolute Gasteiger partial charge is 0.494 e. The smallest absolute Gasteiger partial charge is 0.317 e. The number of amides is 1. The lowest BCUT2D eigenvalue weighted by Gasteiger charge is -2.41. The molecule has 1 aliphatic rings. The van der Waals surface area contributed by atoms with Gasteiger partial charge in [0.1, 0.15) is 5.75 Å². The van der Waals surface area contributed by atoms with Crippen LogP contribution in [0.15, 0.2) is 24.3 Å². The van der Waals surface area contributed by atoms with E-state index in [2.05, 4.69) is 0 Å². The molecule has 0 aliphatic carbocycles. The Morgan fingerprint density at radius 2 is 1.69 bits per heavy atom. The zero-order valence-corrected chi connectivity index (χ0v) is 18.0. The van der Waals surface area contributed by atoms with Gasteiger partial charge in [-0.25, -0.2) is 0 Å². The van der Waals surface area contributed by atoms with E-state index in [1.54, 1.807) is 4.90 Å². The molecule has 2 rings (SSSR count). The number of hydrogen-bond donors (Lipinski definition) is 3. The highest BCUT2D eigenvalue weighted by Crippen LogP contribution is 2.18. The second kappa shape index (κ2) is 12.0. The van der Waals surface area contributed by atoms with Gasteiger partial charge in [-0.1, -0.05) is 12.1 Å². The lowest BCUT2D eigenvalue weighted by atomic mass is 10.0. The van der Waals surface area contributed by atoms with Crippen LogP contribution in [-0.4, -0.2) is 112 Å². The number of aliphatic carboxylic acids is 3. The molecule has 176 valence electrons. The average Bonchev–Trinajstić information content (AvgIpc) is 2.69. The van der Waals surface area contributed by atoms with Crippen molar-refractivity contribution in [3.63, 3.8) is 0 Å². The van der Waals surface area contributed by atoms with Crippen molar-refractivity contribution < 1.29 is 39.2 Å². The van der Waals surface area contributed by atoms with Crippen molar-refractivity contribution in [2.24, 2.45) is 0 Å². The predicted octanol–water partition coefficient (Wildman–Crippen LogP) is -0.304. The fourth-order valence-electron chi connectivity index (χ4n) is 3.66. The number of benzene rings is 1. The Kier molecular flexibility index (Phi) is 9.41. The van der Waals surface area contributed by atoms with E-state index in [0.29, 0.717) is 13.0 Å². The van der Waals surface area contributed by atoms with Crippen molar-refractivity contribution in [2.45, 2.75) is 19.4 Å². The summed E-state index contributed by atoms with van der Waals surface area (Å²) in [7, 11) is 0. The molecule has 0 unspecified atom stereocenters. The summed E-state index contributed by atoms with van der Waals surface area (Å²) in [6.45, 7) is 1.68. The molecule has 11 nitrogen and oxygen atoms in total. The standard InChI is InChI=1S/C21H29N3O8/c1-2-32-17-5-3-15(4-6-17)9-16-10-23(18(25)11-24(16)14-21(30)31)8-7-22(12-19(26)27)13-20(28)29/h3-6,16H,2,7-14H2,1H3,(H,26,27)(H,28,29)(H,30,31)/t16-/m1/s1. The number of piperazine rings is 1. The fourth-order valence-corrected chi connectivity index (χ4v) is 3.66. The highest BCUT2D eigenvalue weighted by atomic mass is 16.5. The molecule has 1 amide bonds. The van der Waals surface area contributed by atoms with Crippen molar-refractivity contribution in [1.82, 2.24) is 14.7 Å². The van der Waals surface area contributed by atoms with Crippen molar-refractivity contribution in [3.8, 4) is 5.75 Å². The lowest BCUT2D eigenvalue weighted by Crippen LogP contribution is -2.59. The summed E-state index contributed by atoms with van der Waals surface area (Å²) in [5.74, 6) is -2.89. The Bertz CT molecular complexity index is 798. The zero-order chi connectivity index (χ0) is 23.7. The molecular weight excluding hydrogens is 422 g/mol. The first kappa shape index (κ1) is 25.1. The summed E-state index contributed by atoms with van der Waals surface area (Å²) in [4.78, 5) is 50.2. The molecule has 11 heteroatoms. The van der Waals surface area contributed by atoms with Crippen LogP contribution in [0, 0.1) is 0 Å². The van der Waals surface area contributed by atoms with Crippen LogP contribution in [0.1, 0.15) is 12.5 Å². The lowest BCUT2D eigenvalue weighted by molar-refractivity contribution is -0.144. The SMILES string of the molecule is CCOc1ccc(C[C@@H]2CN(CCN(CC(=O)O)CC(=O)O)C(=O)CN2CC(=O)O)cc1. The molecule has 32 heavy (non-hydrogen) atoms. The molecule has 1 heterocycles. The minimum absolute atomic E-state index is 0.0775. The van der Waals surface area contributed by atoms with E-state index in [0.717, 1.165) is 11.3 Å². The number of rotatable bonds is 13. The van der Waals surface area contributed by atoms with Gasteiger partial charge in [-0.05, 0) is 31.0 Å². The van der Waals surface area contributed by atoms with E-state index in [-0.39, 0.29) is 44.7 Å². The molecule has 1 fully saturated rings. The number of ether oxygens (including phenoxy) is 1. The maximum Gasteiger partial charge on any atom is 0.317 e. The Morgan fingerprint density at radius 3 is 2.22 bits per heavy atom. The monoisotopic (exact) mass is 451 g/mol. The minimum atomic E-state index is -1.16. The molecule has 3 N–H and O–H groups in total. The molecule has 1 aromatic rings. The van der Waals surface area contributed by atoms with Crippen molar-refractivity contribution >= 4 is 23.8 Å². The van der Waals surface area contributed by atoms with Gasteiger partial charge in [-0.3, -0.25) is 29.0 Å². The molecule has 0 radical (unpaired) electrons. The van der Waals surface area contributed by atoms with Gasteiger partial charge in [0.25, 0.3) is 0 Å². The maximum absolute atomic E-state index is 12.6. The Balaban J connectivity index is 2.08. The van der Waals surface area contributed by atoms with E-state index in [4.69, 9.17) is 14.9 Å². The molecule has 1 saturated heterocycles. The normalized spacial score (nSPS) is 16.9. The second-order valence-corrected chi connectivity index (χ2v) is 7.57. The molecule has 1 aromatic carbocycles. The van der Waals surface area contributed by atoms with Crippen LogP contribution in [0.5, 0.6) is 5.75 Å². The highest BCUT2D eigenvalue weighted by molar-refractivity contribution is 5.80. The van der Waals surface area contributed by atoms with Gasteiger partial charge in [0.15, 0.2) is 0 Å². The summed E-state index contributed by atoms with van der Waals surface area (Å²) >= 11 is 0. The number of carboxylic acid groups (broad SMARTS) is 3. The maximum atomic E-state index is 12.6. The summed E-state index contributed by atoms with van der Waals surface area (Å²) in [6, 6.07) is 7.20. The van der Waals surface area contributed by atoms with Crippen molar-refractivity contribution in [1.29, 1.82) is 0 Å². The topological polar surface area (TPSA) is 148 Å². The Hall–Kier alpha value is -3.18. The molecule has 0 saturated carbocycles. The Morgan fingerprint density at radius 1 is 1.06 bits per heavy atom. The molecule has 0 aromatic heterocycles. The van der Waals surface area contributed by atoms with Crippen LogP contribution in [0.4, 0.5) is 0 Å². The number of nitrogens with zero attached hydrogens (tertiary/aromatic N) is 3. The van der Waals surface area contributed by atoms with E-state index < -0.39 is 31.0 Å². The van der Waals surface area contributed by atoms with Gasteiger partial charge < -0.3 is 25.0 Å². The van der Waals surface area contributed by atoms with E-state index >= 15 is 0 Å². The third-order valence-electron chi connectivity index (χ3n) is 5.09.